The fraction of sp³-hybridized carbons (Fsp3) is 0.700. The number of aromatic nitrogens is 1. The van der Waals surface area contributed by atoms with Crippen LogP contribution in [0.3, 0.4) is 0 Å². The molecule has 1 aromatic heterocycles. The van der Waals surface area contributed by atoms with Crippen molar-refractivity contribution < 1.29 is 18.4 Å². The molecule has 1 heterocycles. The van der Waals surface area contributed by atoms with E-state index < -0.39 is 13.7 Å². The van der Waals surface area contributed by atoms with Crippen molar-refractivity contribution in [3.63, 3.8) is 0 Å². The minimum Gasteiger partial charge on any atom is -0.449 e. The van der Waals surface area contributed by atoms with E-state index in [1.165, 1.54) is 0 Å². The summed E-state index contributed by atoms with van der Waals surface area (Å²) in [6.07, 6.45) is 5.00. The molecule has 0 radical (unpaired) electrons. The van der Waals surface area contributed by atoms with Crippen LogP contribution < -0.4 is 0 Å². The second-order valence-electron chi connectivity index (χ2n) is 8.92. The van der Waals surface area contributed by atoms with E-state index in [1.54, 1.807) is 19.4 Å². The van der Waals surface area contributed by atoms with Crippen LogP contribution in [0, 0.1) is 5.41 Å². The first kappa shape index (κ1) is 22.8. The fourth-order valence-corrected chi connectivity index (χ4v) is 3.73. The number of hydrogen-bond acceptors (Lipinski definition) is 5. The van der Waals surface area contributed by atoms with Gasteiger partial charge in [0.1, 0.15) is 24.3 Å². The molecule has 0 unspecified atom stereocenters. The molecular formula is C20H35NO4Si. The molecular weight excluding hydrogens is 346 g/mol. The molecule has 6 heteroatoms. The third-order valence-electron chi connectivity index (χ3n) is 5.30. The molecule has 0 spiro atoms. The van der Waals surface area contributed by atoms with Gasteiger partial charge in [-0.25, -0.2) is 4.98 Å². The van der Waals surface area contributed by atoms with Gasteiger partial charge in [-0.05, 0) is 24.6 Å². The van der Waals surface area contributed by atoms with Gasteiger partial charge in [0.25, 0.3) is 0 Å². The highest BCUT2D eigenvalue weighted by atomic mass is 28.4. The standard InChI is InChI=1S/C20H35NO4Si/c1-10-11-16(23-7)15-13-24-18(21-15)12-17(20(5,6)14-22)25-26(8,9)19(2,3)4/h10,13-14,16-17H,1,11-12H2,2-9H3/t16-,17-/m0/s1. The number of aldehydes is 1. The maximum atomic E-state index is 11.7. The van der Waals surface area contributed by atoms with Gasteiger partial charge in [-0.15, -0.1) is 6.58 Å². The normalized spacial score (nSPS) is 15.5. The Balaban J connectivity index is 3.06. The van der Waals surface area contributed by atoms with E-state index >= 15 is 0 Å². The number of methoxy groups -OCH3 is 1. The second-order valence-corrected chi connectivity index (χ2v) is 13.7. The van der Waals surface area contributed by atoms with E-state index in [1.807, 2.05) is 13.8 Å². The molecule has 0 bridgehead atoms. The highest BCUT2D eigenvalue weighted by molar-refractivity contribution is 6.74. The molecule has 0 N–H and O–H groups in total. The van der Waals surface area contributed by atoms with Crippen LogP contribution in [0.15, 0.2) is 23.3 Å². The SMILES string of the molecule is C=CC[C@H](OC)c1coc(C[C@H](O[Si](C)(C)C(C)(C)C)C(C)(C)C=O)n1. The third-order valence-corrected chi connectivity index (χ3v) is 9.79. The first-order valence-corrected chi connectivity index (χ1v) is 12.0. The number of carbonyl (C=O) groups excluding carboxylic acids is 1. The zero-order valence-corrected chi connectivity index (χ0v) is 18.6. The predicted molar refractivity (Wildman–Crippen MR) is 107 cm³/mol. The Morgan fingerprint density at radius 3 is 2.38 bits per heavy atom. The molecule has 1 aromatic rings. The molecule has 0 aliphatic carbocycles. The van der Waals surface area contributed by atoms with E-state index in [2.05, 4.69) is 45.4 Å². The minimum atomic E-state index is -2.05. The molecule has 1 rings (SSSR count). The van der Waals surface area contributed by atoms with Gasteiger partial charge in [-0.2, -0.15) is 0 Å². The van der Waals surface area contributed by atoms with Gasteiger partial charge in [-0.1, -0.05) is 40.7 Å². The number of oxazole rings is 1. The number of carbonyl (C=O) groups is 1. The van der Waals surface area contributed by atoms with Crippen molar-refractivity contribution in [3.05, 3.63) is 30.5 Å². The Kier molecular flexibility index (Phi) is 7.57. The van der Waals surface area contributed by atoms with E-state index in [0.29, 0.717) is 18.7 Å². The largest absolute Gasteiger partial charge is 0.449 e. The van der Waals surface area contributed by atoms with Crippen molar-refractivity contribution >= 4 is 14.6 Å². The number of hydrogen-bond donors (Lipinski definition) is 0. The van der Waals surface area contributed by atoms with Crippen molar-refractivity contribution in [2.24, 2.45) is 5.41 Å². The van der Waals surface area contributed by atoms with Crippen molar-refractivity contribution in [2.75, 3.05) is 7.11 Å². The monoisotopic (exact) mass is 381 g/mol. The molecule has 0 aromatic carbocycles. The quantitative estimate of drug-likeness (QED) is 0.321. The van der Waals surface area contributed by atoms with Gasteiger partial charge in [0.05, 0.1) is 12.5 Å². The molecule has 0 amide bonds. The van der Waals surface area contributed by atoms with Gasteiger partial charge < -0.3 is 18.4 Å². The summed E-state index contributed by atoms with van der Waals surface area (Å²) in [4.78, 5) is 16.3. The highest BCUT2D eigenvalue weighted by Crippen LogP contribution is 2.40. The summed E-state index contributed by atoms with van der Waals surface area (Å²) in [6.45, 7) is 18.5. The molecule has 26 heavy (non-hydrogen) atoms. The zero-order chi connectivity index (χ0) is 20.2. The molecule has 0 saturated heterocycles. The van der Waals surface area contributed by atoms with E-state index in [4.69, 9.17) is 13.6 Å². The summed E-state index contributed by atoms with van der Waals surface area (Å²) in [5, 5.41) is 0.0527. The lowest BCUT2D eigenvalue weighted by Gasteiger charge is -2.42. The van der Waals surface area contributed by atoms with Crippen molar-refractivity contribution in [1.82, 2.24) is 4.98 Å². The van der Waals surface area contributed by atoms with Crippen molar-refractivity contribution in [1.29, 1.82) is 0 Å². The first-order chi connectivity index (χ1) is 11.9. The van der Waals surface area contributed by atoms with Gasteiger partial charge >= 0.3 is 0 Å². The van der Waals surface area contributed by atoms with Crippen LogP contribution in [0.2, 0.25) is 18.1 Å². The van der Waals surface area contributed by atoms with Gasteiger partial charge in [0, 0.05) is 12.5 Å². The van der Waals surface area contributed by atoms with E-state index in [9.17, 15) is 4.79 Å². The predicted octanol–water partition coefficient (Wildman–Crippen LogP) is 5.10. The molecule has 2 atom stereocenters. The maximum Gasteiger partial charge on any atom is 0.196 e. The number of ether oxygens (including phenoxy) is 1. The van der Waals surface area contributed by atoms with Crippen LogP contribution in [0.1, 0.15) is 58.7 Å². The van der Waals surface area contributed by atoms with Crippen molar-refractivity contribution in [2.45, 2.75) is 77.8 Å². The summed E-state index contributed by atoms with van der Waals surface area (Å²) < 4.78 is 17.7. The Morgan fingerprint density at radius 2 is 1.92 bits per heavy atom. The maximum absolute atomic E-state index is 11.7. The summed E-state index contributed by atoms with van der Waals surface area (Å²) in [7, 11) is -0.408. The molecule has 0 aliphatic rings. The minimum absolute atomic E-state index is 0.0527. The van der Waals surface area contributed by atoms with Crippen molar-refractivity contribution in [3.8, 4) is 0 Å². The smallest absolute Gasteiger partial charge is 0.196 e. The third kappa shape index (κ3) is 5.63. The molecule has 0 aliphatic heterocycles. The van der Waals surface area contributed by atoms with Crippen LogP contribution in [0.5, 0.6) is 0 Å². The lowest BCUT2D eigenvalue weighted by molar-refractivity contribution is -0.119. The van der Waals surface area contributed by atoms with Gasteiger partial charge in [0.15, 0.2) is 14.2 Å². The van der Waals surface area contributed by atoms with E-state index in [-0.39, 0.29) is 17.2 Å². The number of rotatable bonds is 10. The zero-order valence-electron chi connectivity index (χ0n) is 17.6. The van der Waals surface area contributed by atoms with Gasteiger partial charge in [-0.3, -0.25) is 0 Å². The summed E-state index contributed by atoms with van der Waals surface area (Å²) in [5.74, 6) is 0.560. The Labute approximate surface area is 159 Å². The summed E-state index contributed by atoms with van der Waals surface area (Å²) in [5.41, 5.74) is 0.101. The van der Waals surface area contributed by atoms with Crippen LogP contribution in [-0.4, -0.2) is 32.8 Å². The van der Waals surface area contributed by atoms with Crippen LogP contribution in [-0.2, 0) is 20.4 Å². The molecule has 0 saturated carbocycles. The topological polar surface area (TPSA) is 61.6 Å². The summed E-state index contributed by atoms with van der Waals surface area (Å²) >= 11 is 0. The van der Waals surface area contributed by atoms with Gasteiger partial charge in [0.2, 0.25) is 0 Å². The summed E-state index contributed by atoms with van der Waals surface area (Å²) in [6, 6.07) is 0. The lowest BCUT2D eigenvalue weighted by atomic mass is 9.86. The molecule has 148 valence electrons. The first-order valence-electron chi connectivity index (χ1n) is 9.10. The molecule has 0 fully saturated rings. The average Bonchev–Trinajstić information content (AvgIpc) is 2.99. The number of nitrogens with zero attached hydrogens (tertiary/aromatic N) is 1. The average molecular weight is 382 g/mol. The van der Waals surface area contributed by atoms with Crippen LogP contribution in [0.4, 0.5) is 0 Å². The van der Waals surface area contributed by atoms with E-state index in [0.717, 1.165) is 12.0 Å². The molecule has 5 nitrogen and oxygen atoms in total. The lowest BCUT2D eigenvalue weighted by Crippen LogP contribution is -2.49. The van der Waals surface area contributed by atoms with Crippen LogP contribution in [0.25, 0.3) is 0 Å². The highest BCUT2D eigenvalue weighted by Gasteiger charge is 2.43. The second kappa shape index (κ2) is 8.63. The fourth-order valence-electron chi connectivity index (χ4n) is 2.28. The Morgan fingerprint density at radius 1 is 1.31 bits per heavy atom. The Bertz CT molecular complexity index is 601. The van der Waals surface area contributed by atoms with Crippen LogP contribution >= 0.6 is 0 Å². The Hall–Kier alpha value is -1.24.